The Hall–Kier alpha value is -0.820. The molecular formula is C19H30IN3O. The molecular weight excluding hydrogens is 413 g/mol. The van der Waals surface area contributed by atoms with Crippen LogP contribution in [-0.2, 0) is 10.2 Å². The maximum Gasteiger partial charge on any atom is 0.191 e. The van der Waals surface area contributed by atoms with Crippen LogP contribution in [0.5, 0.6) is 0 Å². The molecule has 0 radical (unpaired) electrons. The van der Waals surface area contributed by atoms with Crippen LogP contribution in [0.3, 0.4) is 0 Å². The summed E-state index contributed by atoms with van der Waals surface area (Å²) in [7, 11) is 0. The van der Waals surface area contributed by atoms with E-state index in [2.05, 4.69) is 36.1 Å². The van der Waals surface area contributed by atoms with Gasteiger partial charge in [0.15, 0.2) is 5.96 Å². The van der Waals surface area contributed by atoms with E-state index in [0.717, 1.165) is 32.8 Å². The van der Waals surface area contributed by atoms with Crippen molar-refractivity contribution in [3.63, 3.8) is 0 Å². The number of hydrogen-bond acceptors (Lipinski definition) is 2. The fourth-order valence-electron chi connectivity index (χ4n) is 3.87. The van der Waals surface area contributed by atoms with Gasteiger partial charge < -0.3 is 15.4 Å². The minimum absolute atomic E-state index is 0. The minimum atomic E-state index is 0. The first kappa shape index (κ1) is 19.5. The fraction of sp³-hybridized carbons (Fsp3) is 0.632. The van der Waals surface area contributed by atoms with E-state index < -0.39 is 0 Å². The topological polar surface area (TPSA) is 50.8 Å². The lowest BCUT2D eigenvalue weighted by molar-refractivity contribution is 0.0673. The number of halogens is 1. The molecule has 0 bridgehead atoms. The van der Waals surface area contributed by atoms with Gasteiger partial charge in [-0.2, -0.15) is 0 Å². The number of ether oxygens (including phenoxy) is 1. The van der Waals surface area contributed by atoms with Crippen LogP contribution < -0.4 is 5.73 Å². The zero-order valence-corrected chi connectivity index (χ0v) is 17.0. The Bertz CT molecular complexity index is 549. The Balaban J connectivity index is 0.00000208. The smallest absolute Gasteiger partial charge is 0.191 e. The minimum Gasteiger partial charge on any atom is -0.378 e. The molecule has 1 saturated heterocycles. The highest BCUT2D eigenvalue weighted by Crippen LogP contribution is 2.40. The number of rotatable bonds is 3. The highest BCUT2D eigenvalue weighted by Gasteiger charge is 2.34. The molecule has 0 unspecified atom stereocenters. The van der Waals surface area contributed by atoms with Crippen LogP contribution in [0.25, 0.3) is 0 Å². The fourth-order valence-corrected chi connectivity index (χ4v) is 3.87. The van der Waals surface area contributed by atoms with E-state index in [-0.39, 0.29) is 29.4 Å². The molecule has 1 aromatic carbocycles. The molecule has 134 valence electrons. The standard InChI is InChI=1S/C19H29N3O.HI/c1-16-6-5-7-17(14-16)19(8-3-2-4-9-19)15-21-18(20)22-10-12-23-13-11-22;/h5-7,14H,2-4,8-13,15H2,1H3,(H2,20,21);1H. The van der Waals surface area contributed by atoms with Crippen molar-refractivity contribution >= 4 is 29.9 Å². The summed E-state index contributed by atoms with van der Waals surface area (Å²) in [5, 5.41) is 0. The van der Waals surface area contributed by atoms with Gasteiger partial charge in [0.1, 0.15) is 0 Å². The number of nitrogens with two attached hydrogens (primary N) is 1. The maximum absolute atomic E-state index is 6.25. The summed E-state index contributed by atoms with van der Waals surface area (Å²) >= 11 is 0. The third kappa shape index (κ3) is 4.63. The lowest BCUT2D eigenvalue weighted by Crippen LogP contribution is -2.45. The molecule has 0 spiro atoms. The van der Waals surface area contributed by atoms with Crippen molar-refractivity contribution in [3.05, 3.63) is 35.4 Å². The van der Waals surface area contributed by atoms with Gasteiger partial charge >= 0.3 is 0 Å². The van der Waals surface area contributed by atoms with Gasteiger partial charge in [0.25, 0.3) is 0 Å². The summed E-state index contributed by atoms with van der Waals surface area (Å²) in [6.07, 6.45) is 6.37. The first-order valence-corrected chi connectivity index (χ1v) is 8.89. The normalized spacial score (nSPS) is 21.2. The largest absolute Gasteiger partial charge is 0.378 e. The number of aryl methyl sites for hydroxylation is 1. The Labute approximate surface area is 162 Å². The van der Waals surface area contributed by atoms with Crippen molar-refractivity contribution in [2.24, 2.45) is 10.7 Å². The summed E-state index contributed by atoms with van der Waals surface area (Å²) in [6.45, 7) is 6.18. The number of morpholine rings is 1. The number of hydrogen-bond donors (Lipinski definition) is 1. The second kappa shape index (κ2) is 9.04. The molecule has 5 heteroatoms. The van der Waals surface area contributed by atoms with Crippen molar-refractivity contribution in [1.82, 2.24) is 4.90 Å². The summed E-state index contributed by atoms with van der Waals surface area (Å²) in [4.78, 5) is 6.96. The van der Waals surface area contributed by atoms with Crippen molar-refractivity contribution in [2.45, 2.75) is 44.4 Å². The van der Waals surface area contributed by atoms with Gasteiger partial charge in [0.05, 0.1) is 19.8 Å². The molecule has 1 heterocycles. The highest BCUT2D eigenvalue weighted by molar-refractivity contribution is 14.0. The van der Waals surface area contributed by atoms with Gasteiger partial charge in [-0.15, -0.1) is 24.0 Å². The molecule has 2 fully saturated rings. The van der Waals surface area contributed by atoms with Gasteiger partial charge in [-0.3, -0.25) is 4.99 Å². The summed E-state index contributed by atoms with van der Waals surface area (Å²) in [5.74, 6) is 0.686. The van der Waals surface area contributed by atoms with Crippen LogP contribution in [0.2, 0.25) is 0 Å². The molecule has 1 saturated carbocycles. The van der Waals surface area contributed by atoms with E-state index in [1.165, 1.54) is 43.2 Å². The monoisotopic (exact) mass is 443 g/mol. The van der Waals surface area contributed by atoms with E-state index in [0.29, 0.717) is 5.96 Å². The van der Waals surface area contributed by atoms with Crippen molar-refractivity contribution in [2.75, 3.05) is 32.8 Å². The molecule has 3 rings (SSSR count). The van der Waals surface area contributed by atoms with Gasteiger partial charge in [-0.25, -0.2) is 0 Å². The van der Waals surface area contributed by atoms with Crippen LogP contribution in [-0.4, -0.2) is 43.7 Å². The van der Waals surface area contributed by atoms with Gasteiger partial charge in [0, 0.05) is 18.5 Å². The Kier molecular flexibility index (Phi) is 7.34. The molecule has 1 aliphatic carbocycles. The highest BCUT2D eigenvalue weighted by atomic mass is 127. The molecule has 1 aromatic rings. The first-order valence-electron chi connectivity index (χ1n) is 8.89. The van der Waals surface area contributed by atoms with Crippen LogP contribution >= 0.6 is 24.0 Å². The molecule has 2 N–H and O–H groups in total. The number of guanidine groups is 1. The lowest BCUT2D eigenvalue weighted by Gasteiger charge is -2.37. The van der Waals surface area contributed by atoms with Crippen LogP contribution in [0.15, 0.2) is 29.3 Å². The van der Waals surface area contributed by atoms with Crippen molar-refractivity contribution in [3.8, 4) is 0 Å². The van der Waals surface area contributed by atoms with E-state index in [9.17, 15) is 0 Å². The molecule has 24 heavy (non-hydrogen) atoms. The Morgan fingerprint density at radius 3 is 2.58 bits per heavy atom. The predicted molar refractivity (Wildman–Crippen MR) is 110 cm³/mol. The van der Waals surface area contributed by atoms with Gasteiger partial charge in [-0.05, 0) is 25.3 Å². The zero-order chi connectivity index (χ0) is 16.1. The predicted octanol–water partition coefficient (Wildman–Crippen LogP) is 3.46. The number of benzene rings is 1. The number of nitrogens with zero attached hydrogens (tertiary/aromatic N) is 2. The third-order valence-corrected chi connectivity index (χ3v) is 5.32. The first-order chi connectivity index (χ1) is 11.2. The van der Waals surface area contributed by atoms with E-state index in [1.54, 1.807) is 0 Å². The second-order valence-corrected chi connectivity index (χ2v) is 6.98. The molecule has 4 nitrogen and oxygen atoms in total. The zero-order valence-electron chi connectivity index (χ0n) is 14.7. The Morgan fingerprint density at radius 2 is 1.92 bits per heavy atom. The van der Waals surface area contributed by atoms with Gasteiger partial charge in [0.2, 0.25) is 0 Å². The Morgan fingerprint density at radius 1 is 1.21 bits per heavy atom. The molecule has 1 aliphatic heterocycles. The summed E-state index contributed by atoms with van der Waals surface area (Å²) < 4.78 is 5.39. The van der Waals surface area contributed by atoms with Crippen LogP contribution in [0.4, 0.5) is 0 Å². The van der Waals surface area contributed by atoms with Crippen molar-refractivity contribution < 1.29 is 4.74 Å². The van der Waals surface area contributed by atoms with Crippen molar-refractivity contribution in [1.29, 1.82) is 0 Å². The number of aliphatic imine (C=N–C) groups is 1. The summed E-state index contributed by atoms with van der Waals surface area (Å²) in [5.41, 5.74) is 9.19. The van der Waals surface area contributed by atoms with Crippen LogP contribution in [0, 0.1) is 6.92 Å². The van der Waals surface area contributed by atoms with E-state index in [4.69, 9.17) is 15.5 Å². The second-order valence-electron chi connectivity index (χ2n) is 6.98. The lowest BCUT2D eigenvalue weighted by atomic mass is 9.69. The van der Waals surface area contributed by atoms with Crippen LogP contribution in [0.1, 0.15) is 43.2 Å². The molecule has 0 atom stereocenters. The molecule has 0 amide bonds. The molecule has 2 aliphatic rings. The molecule has 0 aromatic heterocycles. The van der Waals surface area contributed by atoms with E-state index >= 15 is 0 Å². The average Bonchev–Trinajstić information content (AvgIpc) is 2.61. The maximum atomic E-state index is 6.25. The van der Waals surface area contributed by atoms with E-state index in [1.807, 2.05) is 0 Å². The summed E-state index contributed by atoms with van der Waals surface area (Å²) in [6, 6.07) is 8.96. The average molecular weight is 443 g/mol. The SMILES string of the molecule is Cc1cccc(C2(CN=C(N)N3CCOCC3)CCCCC2)c1.I. The van der Waals surface area contributed by atoms with Gasteiger partial charge in [-0.1, -0.05) is 49.1 Å². The third-order valence-electron chi connectivity index (χ3n) is 5.32. The quantitative estimate of drug-likeness (QED) is 0.442.